The molecule has 0 saturated carbocycles. The van der Waals surface area contributed by atoms with E-state index in [0.717, 1.165) is 12.8 Å². The summed E-state index contributed by atoms with van der Waals surface area (Å²) in [5.41, 5.74) is -0.0895. The first-order valence-electron chi connectivity index (χ1n) is 4.44. The zero-order chi connectivity index (χ0) is 9.83. The topological polar surface area (TPSA) is 26.3 Å². The predicted octanol–water partition coefficient (Wildman–Crippen LogP) is 2.76. The predicted molar refractivity (Wildman–Crippen MR) is 49.9 cm³/mol. The summed E-state index contributed by atoms with van der Waals surface area (Å²) in [5.74, 6) is 0. The lowest BCUT2D eigenvalue weighted by Gasteiger charge is -2.32. The van der Waals surface area contributed by atoms with Crippen molar-refractivity contribution in [3.63, 3.8) is 0 Å². The Balaban J connectivity index is 4.12. The average Bonchev–Trinajstić information content (AvgIpc) is 1.85. The molecule has 0 spiro atoms. The fourth-order valence-electron chi connectivity index (χ4n) is 1.45. The van der Waals surface area contributed by atoms with Gasteiger partial charge in [0, 0.05) is 0 Å². The molecule has 2 nitrogen and oxygen atoms in total. The smallest absolute Gasteiger partial charge is 0.293 e. The Morgan fingerprint density at radius 2 is 1.75 bits per heavy atom. The normalized spacial score (nSPS) is 12.8. The maximum Gasteiger partial charge on any atom is 0.293 e. The van der Waals surface area contributed by atoms with Crippen molar-refractivity contribution in [1.29, 1.82) is 0 Å². The van der Waals surface area contributed by atoms with Crippen molar-refractivity contribution in [3.8, 4) is 0 Å². The van der Waals surface area contributed by atoms with E-state index in [-0.39, 0.29) is 11.0 Å². The first-order chi connectivity index (χ1) is 5.33. The number of ether oxygens (including phenoxy) is 1. The quantitative estimate of drug-likeness (QED) is 0.596. The third-order valence-electron chi connectivity index (χ3n) is 2.23. The summed E-state index contributed by atoms with van der Waals surface area (Å²) < 4.78 is 4.99. The lowest BCUT2D eigenvalue weighted by atomic mass is 9.80. The van der Waals surface area contributed by atoms with Crippen LogP contribution in [0, 0.1) is 5.41 Å². The summed E-state index contributed by atoms with van der Waals surface area (Å²) >= 11 is 0. The van der Waals surface area contributed by atoms with Crippen molar-refractivity contribution in [3.05, 3.63) is 0 Å². The van der Waals surface area contributed by atoms with Crippen LogP contribution in [0.5, 0.6) is 0 Å². The third-order valence-corrected chi connectivity index (χ3v) is 2.23. The standard InChI is InChI=1S/C10H20O2/c1-6-9(2,3)7-10(4,5)12-8-11/h8H,6-7H2,1-5H3. The van der Waals surface area contributed by atoms with Crippen molar-refractivity contribution < 1.29 is 9.53 Å². The van der Waals surface area contributed by atoms with Gasteiger partial charge < -0.3 is 4.74 Å². The highest BCUT2D eigenvalue weighted by molar-refractivity contribution is 5.38. The molecule has 0 aromatic heterocycles. The minimum absolute atomic E-state index is 0.243. The molecule has 0 amide bonds. The zero-order valence-electron chi connectivity index (χ0n) is 8.81. The number of hydrogen-bond donors (Lipinski definition) is 0. The highest BCUT2D eigenvalue weighted by atomic mass is 16.5. The molecule has 0 radical (unpaired) electrons. The molecule has 0 fully saturated rings. The van der Waals surface area contributed by atoms with Gasteiger partial charge in [-0.25, -0.2) is 0 Å². The molecule has 0 N–H and O–H groups in total. The summed E-state index contributed by atoms with van der Waals surface area (Å²) in [6.45, 7) is 10.9. The van der Waals surface area contributed by atoms with Crippen LogP contribution in [0.4, 0.5) is 0 Å². The second-order valence-corrected chi connectivity index (χ2v) is 4.67. The van der Waals surface area contributed by atoms with Gasteiger partial charge in [0.2, 0.25) is 0 Å². The van der Waals surface area contributed by atoms with Crippen molar-refractivity contribution in [2.75, 3.05) is 0 Å². The Morgan fingerprint density at radius 1 is 1.25 bits per heavy atom. The maximum absolute atomic E-state index is 10.2. The van der Waals surface area contributed by atoms with Crippen LogP contribution in [-0.2, 0) is 9.53 Å². The van der Waals surface area contributed by atoms with Gasteiger partial charge in [0.15, 0.2) is 0 Å². The van der Waals surface area contributed by atoms with Crippen LogP contribution < -0.4 is 0 Å². The monoisotopic (exact) mass is 172 g/mol. The van der Waals surface area contributed by atoms with Gasteiger partial charge in [-0.05, 0) is 25.7 Å². The highest BCUT2D eigenvalue weighted by Gasteiger charge is 2.28. The van der Waals surface area contributed by atoms with Gasteiger partial charge in [-0.1, -0.05) is 27.2 Å². The van der Waals surface area contributed by atoms with Crippen LogP contribution in [0.1, 0.15) is 47.5 Å². The molecule has 72 valence electrons. The van der Waals surface area contributed by atoms with Crippen molar-refractivity contribution in [1.82, 2.24) is 0 Å². The fourth-order valence-corrected chi connectivity index (χ4v) is 1.45. The Labute approximate surface area is 75.3 Å². The van der Waals surface area contributed by atoms with Crippen LogP contribution in [0.15, 0.2) is 0 Å². The highest BCUT2D eigenvalue weighted by Crippen LogP contribution is 2.32. The van der Waals surface area contributed by atoms with E-state index in [1.807, 2.05) is 13.8 Å². The Morgan fingerprint density at radius 3 is 2.08 bits per heavy atom. The molecule has 0 aliphatic carbocycles. The summed E-state index contributed by atoms with van der Waals surface area (Å²) in [4.78, 5) is 10.2. The summed E-state index contributed by atoms with van der Waals surface area (Å²) in [6.07, 6.45) is 1.99. The number of carbonyl (C=O) groups excluding carboxylic acids is 1. The average molecular weight is 172 g/mol. The molecule has 0 heterocycles. The Hall–Kier alpha value is -0.530. The largest absolute Gasteiger partial charge is 0.462 e. The Kier molecular flexibility index (Phi) is 3.75. The minimum Gasteiger partial charge on any atom is -0.462 e. The Bertz CT molecular complexity index is 148. The molecule has 12 heavy (non-hydrogen) atoms. The fraction of sp³-hybridized carbons (Fsp3) is 0.900. The lowest BCUT2D eigenvalue weighted by Crippen LogP contribution is -2.30. The molecule has 2 heteroatoms. The van der Waals surface area contributed by atoms with E-state index in [0.29, 0.717) is 6.47 Å². The molecule has 0 aliphatic heterocycles. The van der Waals surface area contributed by atoms with Gasteiger partial charge in [-0.3, -0.25) is 4.79 Å². The number of carbonyl (C=O) groups is 1. The van der Waals surface area contributed by atoms with E-state index in [1.54, 1.807) is 0 Å². The maximum atomic E-state index is 10.2. The first-order valence-corrected chi connectivity index (χ1v) is 4.44. The van der Waals surface area contributed by atoms with Crippen LogP contribution in [0.2, 0.25) is 0 Å². The van der Waals surface area contributed by atoms with E-state index in [1.165, 1.54) is 0 Å². The van der Waals surface area contributed by atoms with Crippen molar-refractivity contribution in [2.24, 2.45) is 5.41 Å². The van der Waals surface area contributed by atoms with E-state index < -0.39 is 0 Å². The van der Waals surface area contributed by atoms with Crippen molar-refractivity contribution in [2.45, 2.75) is 53.1 Å². The van der Waals surface area contributed by atoms with Gasteiger partial charge in [0.25, 0.3) is 6.47 Å². The first kappa shape index (κ1) is 11.5. The van der Waals surface area contributed by atoms with Gasteiger partial charge >= 0.3 is 0 Å². The van der Waals surface area contributed by atoms with E-state index in [4.69, 9.17) is 4.74 Å². The van der Waals surface area contributed by atoms with Crippen LogP contribution in [0.3, 0.4) is 0 Å². The number of rotatable bonds is 5. The van der Waals surface area contributed by atoms with E-state index in [2.05, 4.69) is 20.8 Å². The lowest BCUT2D eigenvalue weighted by molar-refractivity contribution is -0.142. The molecular weight excluding hydrogens is 152 g/mol. The molecule has 0 unspecified atom stereocenters. The van der Waals surface area contributed by atoms with Gasteiger partial charge in [0.1, 0.15) is 5.60 Å². The van der Waals surface area contributed by atoms with Crippen molar-refractivity contribution >= 4 is 6.47 Å². The molecule has 0 atom stereocenters. The van der Waals surface area contributed by atoms with Crippen LogP contribution in [-0.4, -0.2) is 12.1 Å². The van der Waals surface area contributed by atoms with Gasteiger partial charge in [0.05, 0.1) is 0 Å². The zero-order valence-corrected chi connectivity index (χ0v) is 8.81. The third kappa shape index (κ3) is 4.37. The van der Waals surface area contributed by atoms with Crippen LogP contribution in [0.25, 0.3) is 0 Å². The molecule has 0 rings (SSSR count). The molecule has 0 aliphatic rings. The molecule has 0 aromatic rings. The van der Waals surface area contributed by atoms with E-state index in [9.17, 15) is 4.79 Å². The summed E-state index contributed by atoms with van der Waals surface area (Å²) in [6, 6.07) is 0. The second kappa shape index (κ2) is 3.92. The molecular formula is C10H20O2. The van der Waals surface area contributed by atoms with E-state index >= 15 is 0 Å². The molecule has 0 bridgehead atoms. The SMILES string of the molecule is CCC(C)(C)CC(C)(C)OC=O. The second-order valence-electron chi connectivity index (χ2n) is 4.67. The minimum atomic E-state index is -0.332. The summed E-state index contributed by atoms with van der Waals surface area (Å²) in [5, 5.41) is 0. The molecule has 0 aromatic carbocycles. The molecule has 0 saturated heterocycles. The van der Waals surface area contributed by atoms with Crippen LogP contribution >= 0.6 is 0 Å². The van der Waals surface area contributed by atoms with Gasteiger partial charge in [-0.15, -0.1) is 0 Å². The summed E-state index contributed by atoms with van der Waals surface area (Å²) in [7, 11) is 0. The van der Waals surface area contributed by atoms with Gasteiger partial charge in [-0.2, -0.15) is 0 Å². The number of hydrogen-bond acceptors (Lipinski definition) is 2.